The lowest BCUT2D eigenvalue weighted by molar-refractivity contribution is -0.117. The summed E-state index contributed by atoms with van der Waals surface area (Å²) in [6.45, 7) is 10.9. The number of anilines is 3. The Hall–Kier alpha value is -3.10. The van der Waals surface area contributed by atoms with E-state index < -0.39 is 0 Å². The molecule has 2 N–H and O–H groups in total. The highest BCUT2D eigenvalue weighted by Crippen LogP contribution is 2.38. The molecule has 4 rings (SSSR count). The van der Waals surface area contributed by atoms with Gasteiger partial charge in [0.15, 0.2) is 0 Å². The molecule has 2 fully saturated rings. The number of pyridine rings is 1. The molecule has 9 heteroatoms. The number of nitrogens with one attached hydrogen (secondary N) is 2. The number of alkyl carbamates (subject to hydrolysis) is 1. The van der Waals surface area contributed by atoms with Crippen LogP contribution < -0.4 is 15.5 Å². The first-order chi connectivity index (χ1) is 16.1. The summed E-state index contributed by atoms with van der Waals surface area (Å²) in [5, 5.41) is 11.1. The van der Waals surface area contributed by atoms with Crippen molar-refractivity contribution in [3.05, 3.63) is 30.1 Å². The van der Waals surface area contributed by atoms with Crippen molar-refractivity contribution in [2.24, 2.45) is 0 Å². The Morgan fingerprint density at radius 1 is 1.24 bits per heavy atom. The standard InChI is InChI=1S/C25H36N6O3/c1-16(2)27-24(33)34-19-10-8-17(13-19)20-14-22(31(29-20)25(3,4)5)28-21-11-9-18(15-26-21)30-12-6-7-23(30)32/h9,11,14-17,19H,6-8,10,12-13H2,1-5H3,(H,26,28)(H,27,33)/t17-,19+/m0/s1. The summed E-state index contributed by atoms with van der Waals surface area (Å²) in [5.41, 5.74) is 1.59. The summed E-state index contributed by atoms with van der Waals surface area (Å²) >= 11 is 0. The Labute approximate surface area is 201 Å². The van der Waals surface area contributed by atoms with Gasteiger partial charge in [-0.05, 0) is 72.4 Å². The van der Waals surface area contributed by atoms with E-state index in [1.54, 1.807) is 11.1 Å². The van der Waals surface area contributed by atoms with Crippen LogP contribution in [0.1, 0.15) is 78.3 Å². The van der Waals surface area contributed by atoms with Crippen LogP contribution in [0.15, 0.2) is 24.4 Å². The average molecular weight is 469 g/mol. The van der Waals surface area contributed by atoms with E-state index in [4.69, 9.17) is 9.84 Å². The molecule has 1 saturated heterocycles. The van der Waals surface area contributed by atoms with Gasteiger partial charge in [0, 0.05) is 31.0 Å². The van der Waals surface area contributed by atoms with Crippen LogP contribution >= 0.6 is 0 Å². The Morgan fingerprint density at radius 2 is 2.03 bits per heavy atom. The van der Waals surface area contributed by atoms with Crippen molar-refractivity contribution in [1.82, 2.24) is 20.1 Å². The Kier molecular flexibility index (Phi) is 6.81. The summed E-state index contributed by atoms with van der Waals surface area (Å²) < 4.78 is 7.58. The van der Waals surface area contributed by atoms with Crippen LogP contribution in [0.3, 0.4) is 0 Å². The molecule has 2 atom stereocenters. The number of hydrogen-bond acceptors (Lipinski definition) is 6. The molecule has 1 aliphatic heterocycles. The average Bonchev–Trinajstić information content (AvgIpc) is 3.47. The van der Waals surface area contributed by atoms with Gasteiger partial charge >= 0.3 is 6.09 Å². The zero-order chi connectivity index (χ0) is 24.5. The summed E-state index contributed by atoms with van der Waals surface area (Å²) in [6, 6.07) is 5.96. The van der Waals surface area contributed by atoms with Crippen LogP contribution in [0, 0.1) is 0 Å². The number of rotatable bonds is 6. The molecule has 0 bridgehead atoms. The van der Waals surface area contributed by atoms with Crippen molar-refractivity contribution >= 4 is 29.3 Å². The predicted molar refractivity (Wildman–Crippen MR) is 131 cm³/mol. The summed E-state index contributed by atoms with van der Waals surface area (Å²) in [6.07, 6.45) is 5.31. The molecule has 2 aromatic rings. The van der Waals surface area contributed by atoms with Crippen molar-refractivity contribution in [2.75, 3.05) is 16.8 Å². The fourth-order valence-electron chi connectivity index (χ4n) is 4.61. The molecule has 0 spiro atoms. The van der Waals surface area contributed by atoms with Gasteiger partial charge in [-0.25, -0.2) is 14.5 Å². The molecule has 1 saturated carbocycles. The molecule has 2 amide bonds. The number of carbonyl (C=O) groups excluding carboxylic acids is 2. The summed E-state index contributed by atoms with van der Waals surface area (Å²) in [5.74, 6) is 1.95. The third-order valence-electron chi connectivity index (χ3n) is 6.24. The zero-order valence-electron chi connectivity index (χ0n) is 20.8. The van der Waals surface area contributed by atoms with E-state index in [1.165, 1.54) is 0 Å². The first kappa shape index (κ1) is 24.0. The highest BCUT2D eigenvalue weighted by Gasteiger charge is 2.32. The van der Waals surface area contributed by atoms with Gasteiger partial charge in [-0.3, -0.25) is 4.79 Å². The number of aromatic nitrogens is 3. The molecule has 34 heavy (non-hydrogen) atoms. The van der Waals surface area contributed by atoms with Gasteiger partial charge < -0.3 is 20.3 Å². The van der Waals surface area contributed by atoms with Gasteiger partial charge in [-0.1, -0.05) is 0 Å². The highest BCUT2D eigenvalue weighted by molar-refractivity contribution is 5.95. The summed E-state index contributed by atoms with van der Waals surface area (Å²) in [4.78, 5) is 30.3. The third-order valence-corrected chi connectivity index (χ3v) is 6.24. The molecule has 9 nitrogen and oxygen atoms in total. The van der Waals surface area contributed by atoms with Crippen molar-refractivity contribution < 1.29 is 14.3 Å². The number of nitrogens with zero attached hydrogens (tertiary/aromatic N) is 4. The molecule has 2 aliphatic rings. The molecule has 0 unspecified atom stereocenters. The van der Waals surface area contributed by atoms with Gasteiger partial charge in [-0.15, -0.1) is 0 Å². The quantitative estimate of drug-likeness (QED) is 0.639. The molecule has 184 valence electrons. The van der Waals surface area contributed by atoms with Crippen molar-refractivity contribution in [1.29, 1.82) is 0 Å². The monoisotopic (exact) mass is 468 g/mol. The maximum absolute atomic E-state index is 12.0. The van der Waals surface area contributed by atoms with Gasteiger partial charge in [-0.2, -0.15) is 5.10 Å². The molecular formula is C25H36N6O3. The first-order valence-electron chi connectivity index (χ1n) is 12.2. The minimum absolute atomic E-state index is 0.0549. The normalized spacial score (nSPS) is 20.8. The Morgan fingerprint density at radius 3 is 2.65 bits per heavy atom. The number of amides is 2. The fraction of sp³-hybridized carbons (Fsp3) is 0.600. The van der Waals surface area contributed by atoms with Crippen LogP contribution in [0.25, 0.3) is 0 Å². The maximum atomic E-state index is 12.0. The fourth-order valence-corrected chi connectivity index (χ4v) is 4.61. The lowest BCUT2D eigenvalue weighted by Crippen LogP contribution is -2.33. The van der Waals surface area contributed by atoms with Crippen LogP contribution in [0.2, 0.25) is 0 Å². The van der Waals surface area contributed by atoms with Crippen molar-refractivity contribution in [3.8, 4) is 0 Å². The predicted octanol–water partition coefficient (Wildman–Crippen LogP) is 4.67. The topological polar surface area (TPSA) is 101 Å². The van der Waals surface area contributed by atoms with Crippen LogP contribution in [-0.2, 0) is 15.1 Å². The number of ether oxygens (including phenoxy) is 1. The summed E-state index contributed by atoms with van der Waals surface area (Å²) in [7, 11) is 0. The minimum Gasteiger partial charge on any atom is -0.446 e. The van der Waals surface area contributed by atoms with E-state index in [-0.39, 0.29) is 35.6 Å². The Bertz CT molecular complexity index is 1020. The second-order valence-corrected chi connectivity index (χ2v) is 10.5. The molecular weight excluding hydrogens is 432 g/mol. The largest absolute Gasteiger partial charge is 0.446 e. The second-order valence-electron chi connectivity index (χ2n) is 10.5. The second kappa shape index (κ2) is 9.64. The highest BCUT2D eigenvalue weighted by atomic mass is 16.6. The lowest BCUT2D eigenvalue weighted by Gasteiger charge is -2.23. The molecule has 0 aromatic carbocycles. The smallest absolute Gasteiger partial charge is 0.407 e. The molecule has 1 aliphatic carbocycles. The van der Waals surface area contributed by atoms with Crippen LogP contribution in [-0.4, -0.2) is 45.5 Å². The van der Waals surface area contributed by atoms with E-state index in [9.17, 15) is 9.59 Å². The van der Waals surface area contributed by atoms with Gasteiger partial charge in [0.25, 0.3) is 0 Å². The lowest BCUT2D eigenvalue weighted by atomic mass is 10.0. The van der Waals surface area contributed by atoms with Crippen molar-refractivity contribution in [2.45, 2.75) is 90.3 Å². The molecule has 2 aromatic heterocycles. The van der Waals surface area contributed by atoms with Crippen molar-refractivity contribution in [3.63, 3.8) is 0 Å². The molecule has 0 radical (unpaired) electrons. The third kappa shape index (κ3) is 5.51. The first-order valence-corrected chi connectivity index (χ1v) is 12.2. The SMILES string of the molecule is CC(C)NC(=O)O[C@@H]1CC[C@H](c2cc(Nc3ccc(N4CCCC4=O)cn3)n(C(C)(C)C)n2)C1. The van der Waals surface area contributed by atoms with Crippen LogP contribution in [0.5, 0.6) is 0 Å². The van der Waals surface area contributed by atoms with Gasteiger partial charge in [0.1, 0.15) is 17.7 Å². The van der Waals surface area contributed by atoms with E-state index in [0.29, 0.717) is 12.2 Å². The van der Waals surface area contributed by atoms with E-state index in [0.717, 1.165) is 49.4 Å². The zero-order valence-corrected chi connectivity index (χ0v) is 20.8. The van der Waals surface area contributed by atoms with E-state index in [2.05, 4.69) is 42.5 Å². The van der Waals surface area contributed by atoms with E-state index in [1.807, 2.05) is 30.7 Å². The maximum Gasteiger partial charge on any atom is 0.407 e. The number of carbonyl (C=O) groups is 2. The molecule has 3 heterocycles. The van der Waals surface area contributed by atoms with Gasteiger partial charge in [0.05, 0.1) is 23.1 Å². The van der Waals surface area contributed by atoms with E-state index >= 15 is 0 Å². The number of hydrogen-bond donors (Lipinski definition) is 2. The Balaban J connectivity index is 1.47. The minimum atomic E-state index is -0.353. The van der Waals surface area contributed by atoms with Crippen LogP contribution in [0.4, 0.5) is 22.1 Å². The van der Waals surface area contributed by atoms with Gasteiger partial charge in [0.2, 0.25) is 5.91 Å².